The minimum atomic E-state index is -3.32. The van der Waals surface area contributed by atoms with Gasteiger partial charge in [0.25, 0.3) is 0 Å². The monoisotopic (exact) mass is 450 g/mol. The number of benzene rings is 2. The molecular formula is C25H23FN2O3S. The molecule has 1 aliphatic carbocycles. The number of halogens is 1. The van der Waals surface area contributed by atoms with Gasteiger partial charge in [0.05, 0.1) is 16.1 Å². The molecule has 0 aliphatic heterocycles. The van der Waals surface area contributed by atoms with Crippen molar-refractivity contribution in [3.05, 3.63) is 97.4 Å². The van der Waals surface area contributed by atoms with E-state index >= 15 is 0 Å². The van der Waals surface area contributed by atoms with Gasteiger partial charge < -0.3 is 4.74 Å². The van der Waals surface area contributed by atoms with Gasteiger partial charge in [0, 0.05) is 17.9 Å². The molecule has 0 bridgehead atoms. The highest BCUT2D eigenvalue weighted by Gasteiger charge is 2.33. The zero-order valence-electron chi connectivity index (χ0n) is 17.6. The third-order valence-corrected chi connectivity index (χ3v) is 6.48. The van der Waals surface area contributed by atoms with Crippen LogP contribution in [-0.2, 0) is 15.4 Å². The van der Waals surface area contributed by atoms with E-state index in [4.69, 9.17) is 9.84 Å². The molecular weight excluding hydrogens is 427 g/mol. The standard InChI is InChI=1S/C25H23FN2O3S/c1-3-15-25(16-13-20(26)14-17-25)28-23(19-9-11-22(12-10-19)32(2,29)30)18-24(27-28)31-21-7-5-4-6-8-21/h3-14,16,18H,1,15,17H2,2H3. The lowest BCUT2D eigenvalue weighted by atomic mass is 9.87. The second-order valence-corrected chi connectivity index (χ2v) is 9.73. The Hall–Kier alpha value is -3.45. The second kappa shape index (κ2) is 8.59. The molecule has 4 rings (SSSR count). The topological polar surface area (TPSA) is 61.2 Å². The molecule has 0 fully saturated rings. The minimum absolute atomic E-state index is 0.233. The number of ether oxygens (including phenoxy) is 1. The maximum absolute atomic E-state index is 13.8. The van der Waals surface area contributed by atoms with Crippen LogP contribution in [-0.4, -0.2) is 24.5 Å². The summed E-state index contributed by atoms with van der Waals surface area (Å²) in [4.78, 5) is 0.233. The van der Waals surface area contributed by atoms with Gasteiger partial charge >= 0.3 is 0 Å². The number of sulfone groups is 1. The number of hydrogen-bond donors (Lipinski definition) is 0. The fourth-order valence-electron chi connectivity index (χ4n) is 3.73. The predicted molar refractivity (Wildman–Crippen MR) is 123 cm³/mol. The summed E-state index contributed by atoms with van der Waals surface area (Å²) in [6.45, 7) is 3.87. The first kappa shape index (κ1) is 21.8. The van der Waals surface area contributed by atoms with Crippen molar-refractivity contribution in [2.75, 3.05) is 6.26 Å². The van der Waals surface area contributed by atoms with Crippen molar-refractivity contribution in [3.63, 3.8) is 0 Å². The van der Waals surface area contributed by atoms with Crippen LogP contribution in [0.4, 0.5) is 4.39 Å². The minimum Gasteiger partial charge on any atom is -0.438 e. The number of para-hydroxylation sites is 1. The van der Waals surface area contributed by atoms with Gasteiger partial charge in [-0.2, -0.15) is 0 Å². The fourth-order valence-corrected chi connectivity index (χ4v) is 4.36. The van der Waals surface area contributed by atoms with E-state index in [9.17, 15) is 12.8 Å². The van der Waals surface area contributed by atoms with E-state index in [1.807, 2.05) is 35.0 Å². The summed E-state index contributed by atoms with van der Waals surface area (Å²) in [7, 11) is -3.32. The van der Waals surface area contributed by atoms with Crippen molar-refractivity contribution in [2.45, 2.75) is 23.3 Å². The van der Waals surface area contributed by atoms with E-state index in [-0.39, 0.29) is 10.7 Å². The van der Waals surface area contributed by atoms with Crippen LogP contribution in [0.2, 0.25) is 0 Å². The molecule has 0 spiro atoms. The molecule has 32 heavy (non-hydrogen) atoms. The van der Waals surface area contributed by atoms with Gasteiger partial charge in [0.15, 0.2) is 9.84 Å². The summed E-state index contributed by atoms with van der Waals surface area (Å²) >= 11 is 0. The average molecular weight is 451 g/mol. The van der Waals surface area contributed by atoms with Crippen LogP contribution >= 0.6 is 0 Å². The molecule has 164 valence electrons. The molecule has 0 saturated carbocycles. The van der Waals surface area contributed by atoms with E-state index in [0.717, 1.165) is 11.3 Å². The molecule has 3 aromatic rings. The second-order valence-electron chi connectivity index (χ2n) is 7.71. The summed E-state index contributed by atoms with van der Waals surface area (Å²) in [5, 5.41) is 4.72. The van der Waals surface area contributed by atoms with Crippen LogP contribution in [0.1, 0.15) is 12.8 Å². The summed E-state index contributed by atoms with van der Waals surface area (Å²) in [6, 6.07) is 17.7. The summed E-state index contributed by atoms with van der Waals surface area (Å²) < 4.78 is 45.3. The Bertz CT molecular complexity index is 1290. The average Bonchev–Trinajstić information content (AvgIpc) is 3.20. The zero-order valence-corrected chi connectivity index (χ0v) is 18.4. The molecule has 2 aromatic carbocycles. The molecule has 1 unspecified atom stereocenters. The van der Waals surface area contributed by atoms with Gasteiger partial charge in [0.2, 0.25) is 5.88 Å². The number of hydrogen-bond acceptors (Lipinski definition) is 4. The molecule has 0 saturated heterocycles. The Morgan fingerprint density at radius 3 is 2.50 bits per heavy atom. The van der Waals surface area contributed by atoms with Crippen LogP contribution in [0.15, 0.2) is 102 Å². The van der Waals surface area contributed by atoms with Crippen molar-refractivity contribution >= 4 is 9.84 Å². The Balaban J connectivity index is 1.83. The third kappa shape index (κ3) is 4.43. The van der Waals surface area contributed by atoms with Gasteiger partial charge in [-0.3, -0.25) is 4.68 Å². The highest BCUT2D eigenvalue weighted by atomic mass is 32.2. The Kier molecular flexibility index (Phi) is 5.84. The Labute approximate surface area is 187 Å². The van der Waals surface area contributed by atoms with Crippen molar-refractivity contribution in [1.82, 2.24) is 9.78 Å². The molecule has 1 aliphatic rings. The SMILES string of the molecule is C=CCC1(n2nc(Oc3ccccc3)cc2-c2ccc(S(C)(=O)=O)cc2)C=CC(F)=CC1. The smallest absolute Gasteiger partial charge is 0.238 e. The Morgan fingerprint density at radius 2 is 1.91 bits per heavy atom. The van der Waals surface area contributed by atoms with E-state index in [1.165, 1.54) is 18.4 Å². The molecule has 0 N–H and O–H groups in total. The normalized spacial score (nSPS) is 18.2. The van der Waals surface area contributed by atoms with Gasteiger partial charge in [-0.15, -0.1) is 11.7 Å². The molecule has 5 nitrogen and oxygen atoms in total. The lowest BCUT2D eigenvalue weighted by Gasteiger charge is -2.32. The van der Waals surface area contributed by atoms with Gasteiger partial charge in [-0.1, -0.05) is 42.5 Å². The largest absolute Gasteiger partial charge is 0.438 e. The first-order valence-corrected chi connectivity index (χ1v) is 12.0. The fraction of sp³-hybridized carbons (Fsp3) is 0.160. The van der Waals surface area contributed by atoms with Crippen molar-refractivity contribution in [2.24, 2.45) is 0 Å². The quantitative estimate of drug-likeness (QED) is 0.425. The predicted octanol–water partition coefficient (Wildman–Crippen LogP) is 5.83. The lowest BCUT2D eigenvalue weighted by molar-refractivity contribution is 0.325. The molecule has 0 amide bonds. The van der Waals surface area contributed by atoms with Crippen molar-refractivity contribution in [3.8, 4) is 22.9 Å². The third-order valence-electron chi connectivity index (χ3n) is 5.35. The van der Waals surface area contributed by atoms with Crippen LogP contribution in [0.25, 0.3) is 11.3 Å². The van der Waals surface area contributed by atoms with Crippen molar-refractivity contribution < 1.29 is 17.5 Å². The van der Waals surface area contributed by atoms with E-state index < -0.39 is 15.4 Å². The van der Waals surface area contributed by atoms with Gasteiger partial charge in [-0.05, 0) is 49.3 Å². The summed E-state index contributed by atoms with van der Waals surface area (Å²) in [5.41, 5.74) is 0.818. The maximum atomic E-state index is 13.8. The highest BCUT2D eigenvalue weighted by molar-refractivity contribution is 7.90. The number of nitrogens with zero attached hydrogens (tertiary/aromatic N) is 2. The maximum Gasteiger partial charge on any atom is 0.238 e. The van der Waals surface area contributed by atoms with Crippen molar-refractivity contribution in [1.29, 1.82) is 0 Å². The summed E-state index contributed by atoms with van der Waals surface area (Å²) in [5.74, 6) is 0.723. The van der Waals surface area contributed by atoms with Gasteiger partial charge in [0.1, 0.15) is 11.6 Å². The van der Waals surface area contributed by atoms with Gasteiger partial charge in [-0.25, -0.2) is 12.8 Å². The number of rotatable bonds is 7. The molecule has 1 atom stereocenters. The molecule has 7 heteroatoms. The zero-order chi connectivity index (χ0) is 22.8. The van der Waals surface area contributed by atoms with Crippen LogP contribution in [0.5, 0.6) is 11.6 Å². The number of aromatic nitrogens is 2. The molecule has 0 radical (unpaired) electrons. The number of allylic oxidation sites excluding steroid dienone is 5. The molecule has 1 aromatic heterocycles. The molecule has 1 heterocycles. The van der Waals surface area contributed by atoms with Crippen LogP contribution in [0, 0.1) is 0 Å². The van der Waals surface area contributed by atoms with E-state index in [0.29, 0.717) is 24.5 Å². The summed E-state index contributed by atoms with van der Waals surface area (Å²) in [6.07, 6.45) is 8.61. The highest BCUT2D eigenvalue weighted by Crippen LogP contribution is 2.39. The van der Waals surface area contributed by atoms with Crippen LogP contribution < -0.4 is 4.74 Å². The Morgan fingerprint density at radius 1 is 1.19 bits per heavy atom. The van der Waals surface area contributed by atoms with E-state index in [1.54, 1.807) is 42.5 Å². The first-order valence-electron chi connectivity index (χ1n) is 10.1. The van der Waals surface area contributed by atoms with E-state index in [2.05, 4.69) is 6.58 Å². The van der Waals surface area contributed by atoms with Crippen LogP contribution in [0.3, 0.4) is 0 Å². The lowest BCUT2D eigenvalue weighted by Crippen LogP contribution is -2.33. The first-order chi connectivity index (χ1) is 15.3.